The smallest absolute Gasteiger partial charge is 0.356 e. The predicted octanol–water partition coefficient (Wildman–Crippen LogP) is -0.0801. The second-order valence-electron chi connectivity index (χ2n) is 5.32. The van der Waals surface area contributed by atoms with Gasteiger partial charge in [-0.2, -0.15) is 13.1 Å². The third kappa shape index (κ3) is 4.73. The molecule has 0 aliphatic heterocycles. The highest BCUT2D eigenvalue weighted by Crippen LogP contribution is 2.16. The molecule has 0 spiro atoms. The molecule has 2 aromatic carbocycles. The number of benzene rings is 2. The maximum Gasteiger partial charge on any atom is 0.356 e. The van der Waals surface area contributed by atoms with Crippen molar-refractivity contribution in [3.63, 3.8) is 0 Å². The van der Waals surface area contributed by atoms with Gasteiger partial charge in [0.15, 0.2) is 0 Å². The van der Waals surface area contributed by atoms with E-state index in [9.17, 15) is 8.42 Å². The standard InChI is InChI=1S/C17H21N3O3S/c1-13-7-9-15(10-8-13)24(21,22)20-17(18)19-12-11-14-5-3-4-6-16(14)23-2/h3-10H,11-12H2,1-2H3,(H3,18,19,20)/p+1. The van der Waals surface area contributed by atoms with Crippen molar-refractivity contribution in [2.45, 2.75) is 18.2 Å². The third-order valence-corrected chi connectivity index (χ3v) is 4.86. The molecule has 0 amide bonds. The summed E-state index contributed by atoms with van der Waals surface area (Å²) in [6.07, 6.45) is 0.650. The molecule has 0 radical (unpaired) electrons. The number of guanidine groups is 1. The van der Waals surface area contributed by atoms with Crippen molar-refractivity contribution in [2.75, 3.05) is 13.7 Å². The number of ether oxygens (including phenoxy) is 1. The summed E-state index contributed by atoms with van der Waals surface area (Å²) < 4.78 is 32.0. The monoisotopic (exact) mass is 348 g/mol. The van der Waals surface area contributed by atoms with Crippen LogP contribution in [0.5, 0.6) is 5.75 Å². The Hall–Kier alpha value is -2.54. The minimum atomic E-state index is -3.68. The molecule has 0 saturated carbocycles. The van der Waals surface area contributed by atoms with Gasteiger partial charge in [0.05, 0.1) is 13.7 Å². The SMILES string of the molecule is COc1ccccc1CC[NH+]=C(N)NS(=O)(=O)c1ccc(C)cc1. The molecular weight excluding hydrogens is 326 g/mol. The molecule has 2 aromatic rings. The van der Waals surface area contributed by atoms with Crippen LogP contribution in [0.4, 0.5) is 0 Å². The van der Waals surface area contributed by atoms with E-state index in [1.165, 1.54) is 0 Å². The number of methoxy groups -OCH3 is 1. The van der Waals surface area contributed by atoms with E-state index in [0.29, 0.717) is 13.0 Å². The second-order valence-corrected chi connectivity index (χ2v) is 7.00. The first-order valence-corrected chi connectivity index (χ1v) is 8.98. The van der Waals surface area contributed by atoms with Crippen LogP contribution in [0, 0.1) is 6.92 Å². The highest BCUT2D eigenvalue weighted by molar-refractivity contribution is 7.90. The Kier molecular flexibility index (Phi) is 5.81. The first kappa shape index (κ1) is 17.8. The van der Waals surface area contributed by atoms with Gasteiger partial charge in [0.1, 0.15) is 10.6 Å². The summed E-state index contributed by atoms with van der Waals surface area (Å²) in [6, 6.07) is 14.2. The molecule has 0 heterocycles. The van der Waals surface area contributed by atoms with Crippen molar-refractivity contribution >= 4 is 16.0 Å². The molecule has 0 bridgehead atoms. The Labute approximate surface area is 142 Å². The van der Waals surface area contributed by atoms with Gasteiger partial charge in [-0.25, -0.2) is 0 Å². The minimum absolute atomic E-state index is 0.00882. The van der Waals surface area contributed by atoms with Crippen molar-refractivity contribution in [3.8, 4) is 5.75 Å². The summed E-state index contributed by atoms with van der Waals surface area (Å²) in [4.78, 5) is 3.04. The van der Waals surface area contributed by atoms with Gasteiger partial charge in [0.2, 0.25) is 0 Å². The van der Waals surface area contributed by atoms with Crippen LogP contribution in [0.3, 0.4) is 0 Å². The number of para-hydroxylation sites is 1. The predicted molar refractivity (Wildman–Crippen MR) is 93.2 cm³/mol. The molecule has 24 heavy (non-hydrogen) atoms. The first-order valence-electron chi connectivity index (χ1n) is 7.50. The van der Waals surface area contributed by atoms with Crippen LogP contribution in [0.1, 0.15) is 11.1 Å². The zero-order valence-corrected chi connectivity index (χ0v) is 14.6. The lowest BCUT2D eigenvalue weighted by Gasteiger charge is -2.06. The highest BCUT2D eigenvalue weighted by Gasteiger charge is 2.19. The topological polar surface area (TPSA) is 95.4 Å². The number of nitrogens with one attached hydrogen (secondary N) is 2. The zero-order valence-electron chi connectivity index (χ0n) is 13.7. The van der Waals surface area contributed by atoms with Crippen molar-refractivity contribution in [1.29, 1.82) is 0 Å². The lowest BCUT2D eigenvalue weighted by atomic mass is 10.1. The molecule has 4 N–H and O–H groups in total. The van der Waals surface area contributed by atoms with Gasteiger partial charge in [-0.1, -0.05) is 35.9 Å². The molecule has 7 heteroatoms. The summed E-state index contributed by atoms with van der Waals surface area (Å²) in [5.41, 5.74) is 7.75. The van der Waals surface area contributed by atoms with E-state index < -0.39 is 10.0 Å². The van der Waals surface area contributed by atoms with Crippen molar-refractivity contribution in [2.24, 2.45) is 5.73 Å². The number of hydrogen-bond acceptors (Lipinski definition) is 3. The Balaban J connectivity index is 1.99. The maximum absolute atomic E-state index is 12.2. The highest BCUT2D eigenvalue weighted by atomic mass is 32.2. The molecule has 0 unspecified atom stereocenters. The molecule has 6 nitrogen and oxygen atoms in total. The molecule has 0 aliphatic carbocycles. The van der Waals surface area contributed by atoms with E-state index in [1.807, 2.05) is 31.2 Å². The van der Waals surface area contributed by atoms with Gasteiger partial charge < -0.3 is 4.74 Å². The number of aryl methyl sites for hydroxylation is 1. The van der Waals surface area contributed by atoms with Crippen LogP contribution in [0.25, 0.3) is 0 Å². The average molecular weight is 348 g/mol. The van der Waals surface area contributed by atoms with Gasteiger partial charge in [-0.15, -0.1) is 0 Å². The summed E-state index contributed by atoms with van der Waals surface area (Å²) in [6.45, 7) is 2.37. The number of rotatable bonds is 6. The van der Waals surface area contributed by atoms with Crippen LogP contribution >= 0.6 is 0 Å². The van der Waals surface area contributed by atoms with E-state index in [0.717, 1.165) is 16.9 Å². The Bertz CT molecular complexity index is 815. The minimum Gasteiger partial charge on any atom is -0.496 e. The summed E-state index contributed by atoms with van der Waals surface area (Å²) in [5.74, 6) is 0.781. The zero-order chi connectivity index (χ0) is 17.6. The van der Waals surface area contributed by atoms with Crippen LogP contribution in [0.15, 0.2) is 53.4 Å². The molecule has 0 atom stereocenters. The van der Waals surface area contributed by atoms with E-state index >= 15 is 0 Å². The van der Waals surface area contributed by atoms with Gasteiger partial charge in [-0.3, -0.25) is 10.7 Å². The molecule has 0 fully saturated rings. The van der Waals surface area contributed by atoms with Crippen LogP contribution in [0.2, 0.25) is 0 Å². The molecule has 0 saturated heterocycles. The maximum atomic E-state index is 12.2. The van der Waals surface area contributed by atoms with Crippen LogP contribution in [-0.2, 0) is 16.4 Å². The van der Waals surface area contributed by atoms with E-state index in [-0.39, 0.29) is 10.9 Å². The molecule has 0 aromatic heterocycles. The van der Waals surface area contributed by atoms with Gasteiger partial charge in [-0.05, 0) is 30.7 Å². The number of hydrogen-bond donors (Lipinski definition) is 3. The summed E-state index contributed by atoms with van der Waals surface area (Å²) >= 11 is 0. The van der Waals surface area contributed by atoms with E-state index in [1.54, 1.807) is 31.4 Å². The lowest BCUT2D eigenvalue weighted by molar-refractivity contribution is -0.459. The fourth-order valence-electron chi connectivity index (χ4n) is 2.20. The third-order valence-electron chi connectivity index (χ3n) is 3.48. The normalized spacial score (nSPS) is 12.0. The summed E-state index contributed by atoms with van der Waals surface area (Å²) in [7, 11) is -2.07. The van der Waals surface area contributed by atoms with Gasteiger partial charge in [0.25, 0.3) is 0 Å². The van der Waals surface area contributed by atoms with Gasteiger partial charge >= 0.3 is 16.0 Å². The van der Waals surface area contributed by atoms with Crippen molar-refractivity contribution in [1.82, 2.24) is 4.72 Å². The van der Waals surface area contributed by atoms with Crippen LogP contribution in [-0.4, -0.2) is 28.0 Å². The Morgan fingerprint density at radius 2 is 1.83 bits per heavy atom. The molecule has 0 aliphatic rings. The quantitative estimate of drug-likeness (QED) is 0.503. The number of nitrogens with two attached hydrogens (primary N) is 1. The van der Waals surface area contributed by atoms with Crippen molar-refractivity contribution in [3.05, 3.63) is 59.7 Å². The van der Waals surface area contributed by atoms with Gasteiger partial charge in [0, 0.05) is 6.42 Å². The fourth-order valence-corrected chi connectivity index (χ4v) is 3.17. The second kappa shape index (κ2) is 7.83. The molecular formula is C17H22N3O3S+. The Morgan fingerprint density at radius 3 is 2.50 bits per heavy atom. The number of sulfonamides is 1. The average Bonchev–Trinajstić information content (AvgIpc) is 2.55. The molecule has 128 valence electrons. The van der Waals surface area contributed by atoms with Crippen molar-refractivity contribution < 1.29 is 18.1 Å². The lowest BCUT2D eigenvalue weighted by Crippen LogP contribution is -2.79. The Morgan fingerprint density at radius 1 is 1.17 bits per heavy atom. The largest absolute Gasteiger partial charge is 0.496 e. The van der Waals surface area contributed by atoms with E-state index in [4.69, 9.17) is 10.5 Å². The fraction of sp³-hybridized carbons (Fsp3) is 0.235. The van der Waals surface area contributed by atoms with Crippen LogP contribution < -0.4 is 20.2 Å². The molecule has 2 rings (SSSR count). The summed E-state index contributed by atoms with van der Waals surface area (Å²) in [5, 5.41) is 0. The van der Waals surface area contributed by atoms with E-state index in [2.05, 4.69) is 9.71 Å². The first-order chi connectivity index (χ1) is 11.4.